The number of amides is 1. The van der Waals surface area contributed by atoms with Crippen molar-refractivity contribution in [1.29, 1.82) is 0 Å². The summed E-state index contributed by atoms with van der Waals surface area (Å²) in [4.78, 5) is 14.1. The molecule has 0 aliphatic carbocycles. The van der Waals surface area contributed by atoms with Gasteiger partial charge in [-0.3, -0.25) is 4.79 Å². The fourth-order valence-corrected chi connectivity index (χ4v) is 2.55. The lowest BCUT2D eigenvalue weighted by Crippen LogP contribution is -2.38. The van der Waals surface area contributed by atoms with E-state index in [2.05, 4.69) is 32.8 Å². The highest BCUT2D eigenvalue weighted by molar-refractivity contribution is 7.17. The SMILES string of the molecule is CNc1nnc(C(=O)NCC2CCCN2C)s1. The first kappa shape index (κ1) is 12.3. The van der Waals surface area contributed by atoms with Crippen LogP contribution in [-0.2, 0) is 0 Å². The Morgan fingerprint density at radius 2 is 2.41 bits per heavy atom. The zero-order valence-corrected chi connectivity index (χ0v) is 10.9. The number of likely N-dealkylation sites (N-methyl/N-ethyl adjacent to an activating group) is 1. The minimum absolute atomic E-state index is 0.135. The number of carbonyl (C=O) groups is 1. The van der Waals surface area contributed by atoms with Crippen LogP contribution in [0.4, 0.5) is 5.13 Å². The second-order valence-corrected chi connectivity index (χ2v) is 5.13. The number of aromatic nitrogens is 2. The van der Waals surface area contributed by atoms with Gasteiger partial charge in [-0.25, -0.2) is 0 Å². The molecule has 0 saturated carbocycles. The van der Waals surface area contributed by atoms with Crippen molar-refractivity contribution in [3.8, 4) is 0 Å². The molecule has 2 heterocycles. The fraction of sp³-hybridized carbons (Fsp3) is 0.700. The average molecular weight is 255 g/mol. The van der Waals surface area contributed by atoms with Gasteiger partial charge in [-0.05, 0) is 26.4 Å². The smallest absolute Gasteiger partial charge is 0.282 e. The maximum absolute atomic E-state index is 11.8. The molecule has 17 heavy (non-hydrogen) atoms. The van der Waals surface area contributed by atoms with Gasteiger partial charge in [0.05, 0.1) is 0 Å². The topological polar surface area (TPSA) is 70.1 Å². The van der Waals surface area contributed by atoms with Crippen LogP contribution in [0.5, 0.6) is 0 Å². The summed E-state index contributed by atoms with van der Waals surface area (Å²) in [6, 6.07) is 0.454. The van der Waals surface area contributed by atoms with Crippen molar-refractivity contribution >= 4 is 22.4 Å². The summed E-state index contributed by atoms with van der Waals surface area (Å²) in [5.74, 6) is -0.135. The number of hydrogen-bond donors (Lipinski definition) is 2. The first-order valence-corrected chi connectivity index (χ1v) is 6.52. The number of likely N-dealkylation sites (tertiary alicyclic amines) is 1. The Morgan fingerprint density at radius 1 is 1.59 bits per heavy atom. The van der Waals surface area contributed by atoms with Crippen LogP contribution in [0.25, 0.3) is 0 Å². The monoisotopic (exact) mass is 255 g/mol. The molecule has 1 saturated heterocycles. The summed E-state index contributed by atoms with van der Waals surface area (Å²) >= 11 is 1.27. The van der Waals surface area contributed by atoms with E-state index >= 15 is 0 Å². The number of nitrogens with one attached hydrogen (secondary N) is 2. The van der Waals surface area contributed by atoms with E-state index < -0.39 is 0 Å². The molecule has 94 valence electrons. The van der Waals surface area contributed by atoms with E-state index in [0.717, 1.165) is 13.0 Å². The maximum Gasteiger partial charge on any atom is 0.282 e. The van der Waals surface area contributed by atoms with Crippen molar-refractivity contribution < 1.29 is 4.79 Å². The van der Waals surface area contributed by atoms with Crippen LogP contribution in [0.3, 0.4) is 0 Å². The highest BCUT2D eigenvalue weighted by Gasteiger charge is 2.22. The highest BCUT2D eigenvalue weighted by atomic mass is 32.1. The van der Waals surface area contributed by atoms with Crippen LogP contribution in [0.15, 0.2) is 0 Å². The first-order chi connectivity index (χ1) is 8.20. The van der Waals surface area contributed by atoms with E-state index in [1.807, 2.05) is 0 Å². The number of hydrogen-bond acceptors (Lipinski definition) is 6. The average Bonchev–Trinajstić information content (AvgIpc) is 2.94. The van der Waals surface area contributed by atoms with Crippen molar-refractivity contribution in [3.05, 3.63) is 5.01 Å². The largest absolute Gasteiger partial charge is 0.363 e. The number of anilines is 1. The number of rotatable bonds is 4. The minimum atomic E-state index is -0.135. The van der Waals surface area contributed by atoms with Gasteiger partial charge in [0.15, 0.2) is 0 Å². The van der Waals surface area contributed by atoms with Gasteiger partial charge in [0.25, 0.3) is 5.91 Å². The third-order valence-electron chi connectivity index (χ3n) is 3.00. The van der Waals surface area contributed by atoms with E-state index in [4.69, 9.17) is 0 Å². The van der Waals surface area contributed by atoms with Gasteiger partial charge in [0.1, 0.15) is 0 Å². The fourth-order valence-electron chi connectivity index (χ4n) is 1.94. The summed E-state index contributed by atoms with van der Waals surface area (Å²) in [5.41, 5.74) is 0. The molecule has 1 aromatic rings. The van der Waals surface area contributed by atoms with E-state index in [0.29, 0.717) is 22.7 Å². The lowest BCUT2D eigenvalue weighted by Gasteiger charge is -2.19. The van der Waals surface area contributed by atoms with Crippen LogP contribution >= 0.6 is 11.3 Å². The van der Waals surface area contributed by atoms with Crippen molar-refractivity contribution in [3.63, 3.8) is 0 Å². The van der Waals surface area contributed by atoms with Gasteiger partial charge < -0.3 is 15.5 Å². The molecule has 0 radical (unpaired) electrons. The molecule has 2 N–H and O–H groups in total. The lowest BCUT2D eigenvalue weighted by atomic mass is 10.2. The Hall–Kier alpha value is -1.21. The molecule has 2 rings (SSSR count). The van der Waals surface area contributed by atoms with Gasteiger partial charge in [0, 0.05) is 19.6 Å². The molecule has 1 aliphatic rings. The molecule has 1 fully saturated rings. The zero-order valence-electron chi connectivity index (χ0n) is 10.1. The van der Waals surface area contributed by atoms with E-state index in [1.165, 1.54) is 17.8 Å². The van der Waals surface area contributed by atoms with Crippen LogP contribution in [0, 0.1) is 0 Å². The molecule has 0 bridgehead atoms. The molecule has 1 unspecified atom stereocenters. The maximum atomic E-state index is 11.8. The predicted octanol–water partition coefficient (Wildman–Crippen LogP) is 0.404. The Bertz CT molecular complexity index is 394. The van der Waals surface area contributed by atoms with Crippen LogP contribution in [0.1, 0.15) is 22.6 Å². The van der Waals surface area contributed by atoms with Gasteiger partial charge >= 0.3 is 0 Å². The Balaban J connectivity index is 1.84. The van der Waals surface area contributed by atoms with Crippen molar-refractivity contribution in [2.75, 3.05) is 32.5 Å². The third-order valence-corrected chi connectivity index (χ3v) is 3.94. The summed E-state index contributed by atoms with van der Waals surface area (Å²) in [5, 5.41) is 14.5. The molecule has 1 aromatic heterocycles. The molecule has 1 aliphatic heterocycles. The molecule has 0 aromatic carbocycles. The first-order valence-electron chi connectivity index (χ1n) is 5.70. The number of nitrogens with zero attached hydrogens (tertiary/aromatic N) is 3. The van der Waals surface area contributed by atoms with Gasteiger partial charge in [-0.1, -0.05) is 11.3 Å². The van der Waals surface area contributed by atoms with Crippen molar-refractivity contribution in [2.24, 2.45) is 0 Å². The predicted molar refractivity (Wildman–Crippen MR) is 67.4 cm³/mol. The molecular weight excluding hydrogens is 238 g/mol. The summed E-state index contributed by atoms with van der Waals surface area (Å²) < 4.78 is 0. The Kier molecular flexibility index (Phi) is 3.90. The van der Waals surface area contributed by atoms with Gasteiger partial charge in [-0.15, -0.1) is 10.2 Å². The quantitative estimate of drug-likeness (QED) is 0.815. The zero-order chi connectivity index (χ0) is 12.3. The summed E-state index contributed by atoms with van der Waals surface area (Å²) in [6.45, 7) is 1.80. The minimum Gasteiger partial charge on any atom is -0.363 e. The van der Waals surface area contributed by atoms with Crippen LogP contribution in [-0.4, -0.2) is 54.2 Å². The molecule has 7 heteroatoms. The molecular formula is C10H17N5OS. The molecule has 0 spiro atoms. The normalized spacial score (nSPS) is 20.5. The second kappa shape index (κ2) is 5.42. The molecule has 1 amide bonds. The van der Waals surface area contributed by atoms with E-state index in [-0.39, 0.29) is 5.91 Å². The van der Waals surface area contributed by atoms with Gasteiger partial charge in [-0.2, -0.15) is 0 Å². The van der Waals surface area contributed by atoms with Crippen LogP contribution < -0.4 is 10.6 Å². The van der Waals surface area contributed by atoms with Crippen molar-refractivity contribution in [2.45, 2.75) is 18.9 Å². The number of carbonyl (C=O) groups excluding carboxylic acids is 1. The van der Waals surface area contributed by atoms with E-state index in [1.54, 1.807) is 7.05 Å². The molecule has 1 atom stereocenters. The Labute approximate surface area is 104 Å². The van der Waals surface area contributed by atoms with Gasteiger partial charge in [0.2, 0.25) is 10.1 Å². The second-order valence-electron chi connectivity index (χ2n) is 4.15. The standard InChI is InChI=1S/C10H17N5OS/c1-11-10-14-13-9(17-10)8(16)12-6-7-4-3-5-15(7)2/h7H,3-6H2,1-2H3,(H,11,14)(H,12,16). The lowest BCUT2D eigenvalue weighted by molar-refractivity contribution is 0.0942. The van der Waals surface area contributed by atoms with Crippen molar-refractivity contribution in [1.82, 2.24) is 20.4 Å². The third kappa shape index (κ3) is 2.92. The summed E-state index contributed by atoms with van der Waals surface area (Å²) in [7, 11) is 3.85. The highest BCUT2D eigenvalue weighted by Crippen LogP contribution is 2.15. The van der Waals surface area contributed by atoms with E-state index in [9.17, 15) is 4.79 Å². The van der Waals surface area contributed by atoms with Crippen LogP contribution in [0.2, 0.25) is 0 Å². The molecule has 6 nitrogen and oxygen atoms in total. The Morgan fingerprint density at radius 3 is 3.00 bits per heavy atom. The summed E-state index contributed by atoms with van der Waals surface area (Å²) in [6.07, 6.45) is 2.36.